The van der Waals surface area contributed by atoms with Crippen LogP contribution in [0.2, 0.25) is 0 Å². The third-order valence-electron chi connectivity index (χ3n) is 12.9. The second-order valence-electron chi connectivity index (χ2n) is 16.6. The number of benzene rings is 9. The van der Waals surface area contributed by atoms with Crippen LogP contribution in [0.25, 0.3) is 77.2 Å². The predicted molar refractivity (Wildman–Crippen MR) is 253 cm³/mol. The van der Waals surface area contributed by atoms with Gasteiger partial charge in [-0.25, -0.2) is 0 Å². The van der Waals surface area contributed by atoms with E-state index in [1.165, 1.54) is 77.0 Å². The van der Waals surface area contributed by atoms with Gasteiger partial charge in [0.25, 0.3) is 0 Å². The predicted octanol–water partition coefficient (Wildman–Crippen LogP) is 15.3. The molecule has 3 nitrogen and oxygen atoms in total. The first-order valence-corrected chi connectivity index (χ1v) is 20.9. The highest BCUT2D eigenvalue weighted by molar-refractivity contribution is 6.11. The van der Waals surface area contributed by atoms with Crippen LogP contribution in [0.1, 0.15) is 25.0 Å². The van der Waals surface area contributed by atoms with Gasteiger partial charge in [-0.15, -0.1) is 0 Å². The van der Waals surface area contributed by atoms with Crippen molar-refractivity contribution in [1.29, 1.82) is 0 Å². The van der Waals surface area contributed by atoms with Crippen molar-refractivity contribution in [2.24, 2.45) is 0 Å². The quantitative estimate of drug-likeness (QED) is 0.164. The van der Waals surface area contributed by atoms with Crippen LogP contribution in [-0.4, -0.2) is 9.13 Å². The minimum absolute atomic E-state index is 0.0331. The SMILES string of the molecule is CC1(C)c2ccccc2-c2cc(N(c3ccccc3)c3ccc(-c4ccc5c(c4)c4ccccc4n5-c4cccc(-n5c6ccccc6c6ccccc65)c4)cc3)ccc21. The number of hydrogen-bond acceptors (Lipinski definition) is 1. The molecular weight excluding hydrogens is 727 g/mol. The van der Waals surface area contributed by atoms with E-state index in [1.54, 1.807) is 0 Å². The second-order valence-corrected chi connectivity index (χ2v) is 16.6. The third-order valence-corrected chi connectivity index (χ3v) is 12.9. The lowest BCUT2D eigenvalue weighted by Gasteiger charge is -2.27. The van der Waals surface area contributed by atoms with Gasteiger partial charge < -0.3 is 14.0 Å². The normalized spacial score (nSPS) is 13.0. The smallest absolute Gasteiger partial charge is 0.0541 e. The number of aromatic nitrogens is 2. The third kappa shape index (κ3) is 5.15. The van der Waals surface area contributed by atoms with Crippen LogP contribution >= 0.6 is 0 Å². The average Bonchev–Trinajstić information content (AvgIpc) is 3.90. The van der Waals surface area contributed by atoms with Gasteiger partial charge in [0.15, 0.2) is 0 Å². The van der Waals surface area contributed by atoms with Crippen molar-refractivity contribution < 1.29 is 0 Å². The monoisotopic (exact) mass is 767 g/mol. The van der Waals surface area contributed by atoms with Crippen LogP contribution < -0.4 is 4.90 Å². The van der Waals surface area contributed by atoms with Gasteiger partial charge in [-0.2, -0.15) is 0 Å². The fraction of sp³-hybridized carbons (Fsp3) is 0.0526. The van der Waals surface area contributed by atoms with E-state index in [2.05, 4.69) is 240 Å². The van der Waals surface area contributed by atoms with Gasteiger partial charge in [-0.3, -0.25) is 0 Å². The van der Waals surface area contributed by atoms with E-state index >= 15 is 0 Å². The summed E-state index contributed by atoms with van der Waals surface area (Å²) in [6, 6.07) is 77.8. The Kier molecular flexibility index (Phi) is 7.58. The van der Waals surface area contributed by atoms with E-state index in [4.69, 9.17) is 0 Å². The zero-order chi connectivity index (χ0) is 40.0. The van der Waals surface area contributed by atoms with E-state index in [-0.39, 0.29) is 5.41 Å². The van der Waals surface area contributed by atoms with Crippen LogP contribution in [0.3, 0.4) is 0 Å². The summed E-state index contributed by atoms with van der Waals surface area (Å²) in [4.78, 5) is 2.38. The van der Waals surface area contributed by atoms with Crippen LogP contribution in [-0.2, 0) is 5.41 Å². The van der Waals surface area contributed by atoms with E-state index in [0.29, 0.717) is 0 Å². The Bertz CT molecular complexity index is 3400. The molecule has 1 aliphatic carbocycles. The van der Waals surface area contributed by atoms with Crippen LogP contribution in [0.15, 0.2) is 212 Å². The zero-order valence-electron chi connectivity index (χ0n) is 33.5. The van der Waals surface area contributed by atoms with E-state index < -0.39 is 0 Å². The molecule has 0 radical (unpaired) electrons. The lowest BCUT2D eigenvalue weighted by atomic mass is 9.82. The van der Waals surface area contributed by atoms with E-state index in [1.807, 2.05) is 0 Å². The molecule has 0 unspecified atom stereocenters. The summed E-state index contributed by atoms with van der Waals surface area (Å²) in [7, 11) is 0. The van der Waals surface area contributed by atoms with E-state index in [0.717, 1.165) is 28.4 Å². The van der Waals surface area contributed by atoms with Gasteiger partial charge in [0.05, 0.1) is 22.1 Å². The maximum absolute atomic E-state index is 2.42. The fourth-order valence-electron chi connectivity index (χ4n) is 10.1. The number of fused-ring (bicyclic) bond motifs is 9. The van der Waals surface area contributed by atoms with Crippen molar-refractivity contribution in [3.8, 4) is 33.6 Å². The highest BCUT2D eigenvalue weighted by Gasteiger charge is 2.35. The van der Waals surface area contributed by atoms with Gasteiger partial charge >= 0.3 is 0 Å². The van der Waals surface area contributed by atoms with Crippen LogP contribution in [0.4, 0.5) is 17.1 Å². The maximum atomic E-state index is 2.42. The minimum Gasteiger partial charge on any atom is -0.310 e. The molecule has 0 saturated carbocycles. The molecular formula is C57H41N3. The van der Waals surface area contributed by atoms with Crippen molar-refractivity contribution in [2.75, 3.05) is 4.90 Å². The zero-order valence-corrected chi connectivity index (χ0v) is 33.5. The Labute approximate surface area is 349 Å². The number of para-hydroxylation sites is 4. The number of anilines is 3. The Balaban J connectivity index is 0.943. The van der Waals surface area contributed by atoms with Crippen molar-refractivity contribution in [3.05, 3.63) is 223 Å². The molecule has 2 heterocycles. The number of hydrogen-bond donors (Lipinski definition) is 0. The number of nitrogens with zero attached hydrogens (tertiary/aromatic N) is 3. The average molecular weight is 768 g/mol. The first kappa shape index (κ1) is 34.4. The molecule has 3 heteroatoms. The van der Waals surface area contributed by atoms with Gasteiger partial charge in [0, 0.05) is 55.4 Å². The molecule has 0 aliphatic heterocycles. The van der Waals surface area contributed by atoms with Crippen molar-refractivity contribution >= 4 is 60.7 Å². The van der Waals surface area contributed by atoms with Crippen LogP contribution in [0, 0.1) is 0 Å². The summed E-state index contributed by atoms with van der Waals surface area (Å²) in [6.07, 6.45) is 0. The molecule has 0 amide bonds. The van der Waals surface area contributed by atoms with Crippen molar-refractivity contribution in [1.82, 2.24) is 9.13 Å². The molecule has 0 spiro atoms. The van der Waals surface area contributed by atoms with Crippen LogP contribution in [0.5, 0.6) is 0 Å². The molecule has 9 aromatic carbocycles. The Morgan fingerprint density at radius 2 is 0.833 bits per heavy atom. The standard InChI is InChI=1S/C57H41N3/c1-57(2)51-23-10-6-19-45(51)49-37-44(32-33-52(49)57)58(40-15-4-3-5-16-40)41-30-27-38(28-31-41)39-29-34-56-50(35-39)48-22-9-13-26-55(48)60(56)43-18-14-17-42(36-43)59-53-24-11-7-20-46(53)47-21-8-12-25-54(47)59/h3-37H,1-2H3. The summed E-state index contributed by atoms with van der Waals surface area (Å²) in [5.74, 6) is 0. The summed E-state index contributed by atoms with van der Waals surface area (Å²) in [6.45, 7) is 4.68. The summed E-state index contributed by atoms with van der Waals surface area (Å²) in [5.41, 5.74) is 18.2. The van der Waals surface area contributed by atoms with Gasteiger partial charge in [-0.05, 0) is 118 Å². The van der Waals surface area contributed by atoms with E-state index in [9.17, 15) is 0 Å². The molecule has 1 aliphatic rings. The Morgan fingerprint density at radius 3 is 1.50 bits per heavy atom. The first-order chi connectivity index (χ1) is 29.5. The molecule has 0 N–H and O–H groups in total. The Morgan fingerprint density at radius 1 is 0.333 bits per heavy atom. The lowest BCUT2D eigenvalue weighted by molar-refractivity contribution is 0.660. The van der Waals surface area contributed by atoms with Gasteiger partial charge in [-0.1, -0.05) is 141 Å². The summed E-state index contributed by atoms with van der Waals surface area (Å²) < 4.78 is 4.82. The molecule has 0 saturated heterocycles. The molecule has 12 rings (SSSR count). The fourth-order valence-corrected chi connectivity index (χ4v) is 10.1. The molecule has 0 bridgehead atoms. The highest BCUT2D eigenvalue weighted by Crippen LogP contribution is 2.50. The first-order valence-electron chi connectivity index (χ1n) is 20.9. The minimum atomic E-state index is -0.0331. The van der Waals surface area contributed by atoms with Crippen molar-refractivity contribution in [2.45, 2.75) is 19.3 Å². The Hall–Kier alpha value is -7.62. The topological polar surface area (TPSA) is 13.1 Å². The second kappa shape index (κ2) is 13.2. The molecule has 284 valence electrons. The molecule has 2 aromatic heterocycles. The molecule has 0 atom stereocenters. The summed E-state index contributed by atoms with van der Waals surface area (Å²) in [5, 5.41) is 5.01. The lowest BCUT2D eigenvalue weighted by Crippen LogP contribution is -2.15. The van der Waals surface area contributed by atoms with Gasteiger partial charge in [0.2, 0.25) is 0 Å². The largest absolute Gasteiger partial charge is 0.310 e. The van der Waals surface area contributed by atoms with Gasteiger partial charge in [0.1, 0.15) is 0 Å². The van der Waals surface area contributed by atoms with Crippen molar-refractivity contribution in [3.63, 3.8) is 0 Å². The molecule has 11 aromatic rings. The highest BCUT2D eigenvalue weighted by atomic mass is 15.1. The summed E-state index contributed by atoms with van der Waals surface area (Å²) >= 11 is 0. The molecule has 60 heavy (non-hydrogen) atoms. The maximum Gasteiger partial charge on any atom is 0.0541 e. The molecule has 0 fully saturated rings. The number of rotatable bonds is 6.